The van der Waals surface area contributed by atoms with Crippen molar-refractivity contribution in [2.75, 3.05) is 29.9 Å². The second-order valence-electron chi connectivity index (χ2n) is 8.78. The fourth-order valence-electron chi connectivity index (χ4n) is 4.33. The molecule has 1 aromatic heterocycles. The number of benzene rings is 1. The second kappa shape index (κ2) is 11.3. The SMILES string of the molecule is O=C(CC(CN1CCCC1=O)NC(=O)c1ccc(N2CCCCC2=O)cc1)Nc1ccc(Cl)cn1. The van der Waals surface area contributed by atoms with Crippen LogP contribution in [0.3, 0.4) is 0 Å². The summed E-state index contributed by atoms with van der Waals surface area (Å²) in [4.78, 5) is 57.4. The maximum atomic E-state index is 13.0. The van der Waals surface area contributed by atoms with Gasteiger partial charge in [-0.3, -0.25) is 19.2 Å². The number of nitrogens with zero attached hydrogens (tertiary/aromatic N) is 3. The van der Waals surface area contributed by atoms with E-state index in [0.717, 1.165) is 24.9 Å². The van der Waals surface area contributed by atoms with Gasteiger partial charge < -0.3 is 20.4 Å². The first-order chi connectivity index (χ1) is 16.9. The zero-order valence-corrected chi connectivity index (χ0v) is 20.1. The Hall–Kier alpha value is -3.46. The summed E-state index contributed by atoms with van der Waals surface area (Å²) in [6.45, 7) is 1.52. The van der Waals surface area contributed by atoms with Crippen LogP contribution in [0.1, 0.15) is 48.9 Å². The number of anilines is 2. The van der Waals surface area contributed by atoms with Gasteiger partial charge in [0, 0.05) is 56.3 Å². The highest BCUT2D eigenvalue weighted by atomic mass is 35.5. The number of likely N-dealkylation sites (tertiary alicyclic amines) is 1. The summed E-state index contributed by atoms with van der Waals surface area (Å²) in [6.07, 6.45) is 5.03. The quantitative estimate of drug-likeness (QED) is 0.582. The largest absolute Gasteiger partial charge is 0.347 e. The van der Waals surface area contributed by atoms with E-state index in [1.165, 1.54) is 6.20 Å². The highest BCUT2D eigenvalue weighted by molar-refractivity contribution is 6.30. The predicted octanol–water partition coefficient (Wildman–Crippen LogP) is 3.00. The third-order valence-electron chi connectivity index (χ3n) is 6.14. The van der Waals surface area contributed by atoms with Crippen LogP contribution in [-0.4, -0.2) is 59.2 Å². The van der Waals surface area contributed by atoms with Crippen molar-refractivity contribution in [3.05, 3.63) is 53.2 Å². The summed E-state index contributed by atoms with van der Waals surface area (Å²) < 4.78 is 0. The van der Waals surface area contributed by atoms with Crippen LogP contribution >= 0.6 is 11.6 Å². The molecule has 10 heteroatoms. The molecule has 3 heterocycles. The van der Waals surface area contributed by atoms with E-state index in [0.29, 0.717) is 42.3 Å². The molecule has 2 N–H and O–H groups in total. The lowest BCUT2D eigenvalue weighted by atomic mass is 10.1. The van der Waals surface area contributed by atoms with E-state index in [-0.39, 0.29) is 36.6 Å². The first-order valence-electron chi connectivity index (χ1n) is 11.8. The number of carbonyl (C=O) groups is 4. The molecule has 0 spiro atoms. The van der Waals surface area contributed by atoms with Crippen molar-refractivity contribution >= 4 is 46.7 Å². The maximum Gasteiger partial charge on any atom is 0.251 e. The third kappa shape index (κ3) is 6.57. The molecule has 0 saturated carbocycles. The molecule has 1 aromatic carbocycles. The van der Waals surface area contributed by atoms with Crippen molar-refractivity contribution in [2.24, 2.45) is 0 Å². The number of halogens is 1. The molecule has 0 bridgehead atoms. The molecule has 0 radical (unpaired) electrons. The topological polar surface area (TPSA) is 112 Å². The number of hydrogen-bond donors (Lipinski definition) is 2. The Labute approximate surface area is 208 Å². The van der Waals surface area contributed by atoms with E-state index < -0.39 is 6.04 Å². The van der Waals surface area contributed by atoms with Crippen LogP contribution in [0.2, 0.25) is 5.02 Å². The van der Waals surface area contributed by atoms with Crippen LogP contribution in [0.5, 0.6) is 0 Å². The van der Waals surface area contributed by atoms with E-state index >= 15 is 0 Å². The molecule has 184 valence electrons. The molecule has 2 aliphatic rings. The number of piperidine rings is 1. The summed E-state index contributed by atoms with van der Waals surface area (Å²) in [5, 5.41) is 6.05. The van der Waals surface area contributed by atoms with E-state index in [1.54, 1.807) is 46.2 Å². The lowest BCUT2D eigenvalue weighted by molar-refractivity contribution is -0.128. The van der Waals surface area contributed by atoms with Gasteiger partial charge in [0.25, 0.3) is 5.91 Å². The Morgan fingerprint density at radius 3 is 2.40 bits per heavy atom. The predicted molar refractivity (Wildman–Crippen MR) is 132 cm³/mol. The van der Waals surface area contributed by atoms with E-state index in [4.69, 9.17) is 11.6 Å². The molecule has 4 rings (SSSR count). The first-order valence-corrected chi connectivity index (χ1v) is 12.2. The second-order valence-corrected chi connectivity index (χ2v) is 9.21. The summed E-state index contributed by atoms with van der Waals surface area (Å²) in [5.41, 5.74) is 1.18. The highest BCUT2D eigenvalue weighted by Crippen LogP contribution is 2.21. The molecule has 0 aliphatic carbocycles. The molecule has 35 heavy (non-hydrogen) atoms. The normalized spacial score (nSPS) is 16.8. The average molecular weight is 498 g/mol. The van der Waals surface area contributed by atoms with Crippen LogP contribution in [0.4, 0.5) is 11.5 Å². The number of pyridine rings is 1. The Bertz CT molecular complexity index is 1090. The van der Waals surface area contributed by atoms with Crippen molar-refractivity contribution in [3.8, 4) is 0 Å². The van der Waals surface area contributed by atoms with E-state index in [1.807, 2.05) is 0 Å². The Morgan fingerprint density at radius 1 is 0.971 bits per heavy atom. The van der Waals surface area contributed by atoms with Crippen molar-refractivity contribution in [1.82, 2.24) is 15.2 Å². The zero-order valence-electron chi connectivity index (χ0n) is 19.3. The smallest absolute Gasteiger partial charge is 0.251 e. The molecule has 2 saturated heterocycles. The van der Waals surface area contributed by atoms with Gasteiger partial charge in [-0.25, -0.2) is 4.98 Å². The maximum absolute atomic E-state index is 13.0. The van der Waals surface area contributed by atoms with Gasteiger partial charge in [0.2, 0.25) is 17.7 Å². The first kappa shape index (κ1) is 24.7. The van der Waals surface area contributed by atoms with Crippen LogP contribution in [0.15, 0.2) is 42.6 Å². The molecular formula is C25H28ClN5O4. The van der Waals surface area contributed by atoms with Gasteiger partial charge in [0.05, 0.1) is 11.1 Å². The summed E-state index contributed by atoms with van der Waals surface area (Å²) >= 11 is 5.84. The van der Waals surface area contributed by atoms with Gasteiger partial charge in [-0.2, -0.15) is 0 Å². The zero-order chi connectivity index (χ0) is 24.8. The number of rotatable bonds is 8. The lowest BCUT2D eigenvalue weighted by Gasteiger charge is -2.27. The number of carbonyl (C=O) groups excluding carboxylic acids is 4. The van der Waals surface area contributed by atoms with Crippen LogP contribution < -0.4 is 15.5 Å². The van der Waals surface area contributed by atoms with Crippen molar-refractivity contribution < 1.29 is 19.2 Å². The minimum absolute atomic E-state index is 0.0135. The number of nitrogens with one attached hydrogen (secondary N) is 2. The molecular weight excluding hydrogens is 470 g/mol. The van der Waals surface area contributed by atoms with Crippen LogP contribution in [0.25, 0.3) is 0 Å². The van der Waals surface area contributed by atoms with Crippen molar-refractivity contribution in [3.63, 3.8) is 0 Å². The lowest BCUT2D eigenvalue weighted by Crippen LogP contribution is -2.46. The summed E-state index contributed by atoms with van der Waals surface area (Å²) in [7, 11) is 0. The number of hydrogen-bond acceptors (Lipinski definition) is 5. The summed E-state index contributed by atoms with van der Waals surface area (Å²) in [6, 6.07) is 9.48. The Balaban J connectivity index is 1.41. The van der Waals surface area contributed by atoms with Crippen molar-refractivity contribution in [2.45, 2.75) is 44.6 Å². The fraction of sp³-hybridized carbons (Fsp3) is 0.400. The molecule has 1 unspecified atom stereocenters. The van der Waals surface area contributed by atoms with Crippen molar-refractivity contribution in [1.29, 1.82) is 0 Å². The van der Waals surface area contributed by atoms with E-state index in [9.17, 15) is 19.2 Å². The molecule has 9 nitrogen and oxygen atoms in total. The summed E-state index contributed by atoms with van der Waals surface area (Å²) in [5.74, 6) is -0.236. The van der Waals surface area contributed by atoms with Gasteiger partial charge in [0.1, 0.15) is 5.82 Å². The minimum atomic E-state index is -0.583. The Kier molecular flexibility index (Phi) is 7.97. The van der Waals surface area contributed by atoms with Gasteiger partial charge in [-0.1, -0.05) is 11.6 Å². The van der Waals surface area contributed by atoms with Gasteiger partial charge >= 0.3 is 0 Å². The van der Waals surface area contributed by atoms with Gasteiger partial charge in [-0.15, -0.1) is 0 Å². The van der Waals surface area contributed by atoms with Gasteiger partial charge in [-0.05, 0) is 55.7 Å². The highest BCUT2D eigenvalue weighted by Gasteiger charge is 2.26. The standard InChI is InChI=1S/C25H28ClN5O4/c26-18-8-11-21(27-15-18)29-22(32)14-19(16-30-12-3-5-23(30)33)28-25(35)17-6-9-20(10-7-17)31-13-2-1-4-24(31)34/h6-11,15,19H,1-5,12-14,16H2,(H,28,35)(H,27,29,32). The fourth-order valence-corrected chi connectivity index (χ4v) is 4.44. The molecule has 2 aliphatic heterocycles. The van der Waals surface area contributed by atoms with Crippen LogP contribution in [-0.2, 0) is 14.4 Å². The average Bonchev–Trinajstić information content (AvgIpc) is 3.25. The third-order valence-corrected chi connectivity index (χ3v) is 6.36. The Morgan fingerprint density at radius 2 is 1.74 bits per heavy atom. The number of aromatic nitrogens is 1. The monoisotopic (exact) mass is 497 g/mol. The number of amides is 4. The molecule has 2 aromatic rings. The molecule has 4 amide bonds. The van der Waals surface area contributed by atoms with E-state index in [2.05, 4.69) is 15.6 Å². The van der Waals surface area contributed by atoms with Crippen LogP contribution in [0, 0.1) is 0 Å². The minimum Gasteiger partial charge on any atom is -0.347 e. The molecule has 2 fully saturated rings. The molecule has 1 atom stereocenters. The van der Waals surface area contributed by atoms with Gasteiger partial charge in [0.15, 0.2) is 0 Å².